The Morgan fingerprint density at radius 1 is 1.04 bits per heavy atom. The Morgan fingerprint density at radius 3 is 2.46 bits per heavy atom. The number of rotatable bonds is 8. The molecule has 2 amide bonds. The van der Waals surface area contributed by atoms with Gasteiger partial charge in [-0.3, -0.25) is 14.5 Å². The number of para-hydroxylation sites is 1. The molecule has 5 nitrogen and oxygen atoms in total. The van der Waals surface area contributed by atoms with Crippen LogP contribution in [0.3, 0.4) is 0 Å². The topological polar surface area (TPSA) is 61.4 Å². The Bertz CT molecular complexity index is 750. The number of nitrogens with zero attached hydrogens (tertiary/aromatic N) is 1. The summed E-state index contributed by atoms with van der Waals surface area (Å²) in [6, 6.07) is 14.7. The van der Waals surface area contributed by atoms with Crippen LogP contribution in [0.4, 0.5) is 11.4 Å². The van der Waals surface area contributed by atoms with Crippen molar-refractivity contribution >= 4 is 34.8 Å². The number of carbonyl (C=O) groups is 2. The molecule has 0 spiro atoms. The predicted molar refractivity (Wildman–Crippen MR) is 107 cm³/mol. The Kier molecular flexibility index (Phi) is 7.63. The third-order valence-corrected chi connectivity index (χ3v) is 4.24. The van der Waals surface area contributed by atoms with E-state index in [1.54, 1.807) is 12.1 Å². The SMILES string of the molecule is CCN(CCC(=O)Nc1ccccc1)CC(=O)Nc1cc(Cl)ccc1C. The number of nitrogens with one attached hydrogen (secondary N) is 2. The molecule has 138 valence electrons. The van der Waals surface area contributed by atoms with Gasteiger partial charge in [-0.15, -0.1) is 0 Å². The van der Waals surface area contributed by atoms with E-state index in [4.69, 9.17) is 11.6 Å². The van der Waals surface area contributed by atoms with Crippen LogP contribution in [0.5, 0.6) is 0 Å². The largest absolute Gasteiger partial charge is 0.326 e. The third kappa shape index (κ3) is 6.50. The van der Waals surface area contributed by atoms with Crippen LogP contribution in [0, 0.1) is 6.92 Å². The summed E-state index contributed by atoms with van der Waals surface area (Å²) in [5.41, 5.74) is 2.43. The lowest BCUT2D eigenvalue weighted by atomic mass is 10.2. The van der Waals surface area contributed by atoms with E-state index in [0.717, 1.165) is 11.3 Å². The first-order chi connectivity index (χ1) is 12.5. The standard InChI is InChI=1S/C20H24ClN3O2/c1-3-24(12-11-19(25)22-17-7-5-4-6-8-17)14-20(26)23-18-13-16(21)10-9-15(18)2/h4-10,13H,3,11-12,14H2,1-2H3,(H,22,25)(H,23,26). The fourth-order valence-corrected chi connectivity index (χ4v) is 2.65. The van der Waals surface area contributed by atoms with Crippen molar-refractivity contribution in [3.63, 3.8) is 0 Å². The monoisotopic (exact) mass is 373 g/mol. The van der Waals surface area contributed by atoms with Gasteiger partial charge >= 0.3 is 0 Å². The van der Waals surface area contributed by atoms with E-state index in [9.17, 15) is 9.59 Å². The highest BCUT2D eigenvalue weighted by molar-refractivity contribution is 6.31. The second-order valence-corrected chi connectivity index (χ2v) is 6.48. The van der Waals surface area contributed by atoms with Gasteiger partial charge in [0.15, 0.2) is 0 Å². The van der Waals surface area contributed by atoms with Crippen LogP contribution in [-0.2, 0) is 9.59 Å². The third-order valence-electron chi connectivity index (χ3n) is 4.00. The van der Waals surface area contributed by atoms with Gasteiger partial charge in [0, 0.05) is 29.4 Å². The average molecular weight is 374 g/mol. The van der Waals surface area contributed by atoms with Crippen LogP contribution < -0.4 is 10.6 Å². The average Bonchev–Trinajstić information content (AvgIpc) is 2.62. The fourth-order valence-electron chi connectivity index (χ4n) is 2.48. The van der Waals surface area contributed by atoms with Gasteiger partial charge in [0.2, 0.25) is 11.8 Å². The summed E-state index contributed by atoms with van der Waals surface area (Å²) in [6.45, 7) is 5.29. The van der Waals surface area contributed by atoms with Crippen molar-refractivity contribution < 1.29 is 9.59 Å². The summed E-state index contributed by atoms with van der Waals surface area (Å²) in [5, 5.41) is 6.30. The Morgan fingerprint density at radius 2 is 1.77 bits per heavy atom. The van der Waals surface area contributed by atoms with Gasteiger partial charge in [0.25, 0.3) is 0 Å². The molecule has 0 radical (unpaired) electrons. The minimum Gasteiger partial charge on any atom is -0.326 e. The van der Waals surface area contributed by atoms with E-state index in [2.05, 4.69) is 10.6 Å². The lowest BCUT2D eigenvalue weighted by molar-refractivity contribution is -0.119. The predicted octanol–water partition coefficient (Wildman–Crippen LogP) is 3.94. The van der Waals surface area contributed by atoms with Crippen LogP contribution in [0.2, 0.25) is 5.02 Å². The van der Waals surface area contributed by atoms with Gasteiger partial charge in [0.05, 0.1) is 6.54 Å². The molecular weight excluding hydrogens is 350 g/mol. The number of hydrogen-bond acceptors (Lipinski definition) is 3. The second kappa shape index (κ2) is 9.94. The molecule has 2 aromatic carbocycles. The molecule has 2 N–H and O–H groups in total. The molecule has 0 aliphatic heterocycles. The number of aryl methyl sites for hydroxylation is 1. The second-order valence-electron chi connectivity index (χ2n) is 6.04. The summed E-state index contributed by atoms with van der Waals surface area (Å²) in [4.78, 5) is 26.3. The molecular formula is C20H24ClN3O2. The molecule has 0 aliphatic rings. The number of benzene rings is 2. The van der Waals surface area contributed by atoms with Gasteiger partial charge in [0.1, 0.15) is 0 Å². The first-order valence-electron chi connectivity index (χ1n) is 8.61. The van der Waals surface area contributed by atoms with Crippen molar-refractivity contribution in [3.8, 4) is 0 Å². The van der Waals surface area contributed by atoms with Crippen LogP contribution in [0.15, 0.2) is 48.5 Å². The normalized spacial score (nSPS) is 10.6. The molecule has 0 saturated heterocycles. The number of hydrogen-bond donors (Lipinski definition) is 2. The highest BCUT2D eigenvalue weighted by atomic mass is 35.5. The van der Waals surface area contributed by atoms with Crippen molar-refractivity contribution in [3.05, 3.63) is 59.1 Å². The zero-order valence-electron chi connectivity index (χ0n) is 15.1. The molecule has 0 bridgehead atoms. The highest BCUT2D eigenvalue weighted by Crippen LogP contribution is 2.20. The van der Waals surface area contributed by atoms with E-state index in [1.807, 2.05) is 55.1 Å². The molecule has 0 aliphatic carbocycles. The highest BCUT2D eigenvalue weighted by Gasteiger charge is 2.12. The molecule has 0 heterocycles. The van der Waals surface area contributed by atoms with E-state index < -0.39 is 0 Å². The molecule has 6 heteroatoms. The van der Waals surface area contributed by atoms with Crippen LogP contribution >= 0.6 is 11.6 Å². The van der Waals surface area contributed by atoms with Crippen molar-refractivity contribution in [2.45, 2.75) is 20.3 Å². The molecule has 0 fully saturated rings. The Hall–Kier alpha value is -2.37. The fraction of sp³-hybridized carbons (Fsp3) is 0.300. The Labute approximate surface area is 159 Å². The van der Waals surface area contributed by atoms with E-state index in [-0.39, 0.29) is 18.4 Å². The summed E-state index contributed by atoms with van der Waals surface area (Å²) < 4.78 is 0. The maximum absolute atomic E-state index is 12.3. The van der Waals surface area contributed by atoms with Gasteiger partial charge in [-0.25, -0.2) is 0 Å². The molecule has 26 heavy (non-hydrogen) atoms. The summed E-state index contributed by atoms with van der Waals surface area (Å²) in [6.07, 6.45) is 0.326. The zero-order chi connectivity index (χ0) is 18.9. The number of amides is 2. The number of carbonyl (C=O) groups excluding carboxylic acids is 2. The number of halogens is 1. The van der Waals surface area contributed by atoms with Crippen molar-refractivity contribution in [1.82, 2.24) is 4.90 Å². The Balaban J connectivity index is 1.81. The van der Waals surface area contributed by atoms with E-state index >= 15 is 0 Å². The summed E-state index contributed by atoms with van der Waals surface area (Å²) in [5.74, 6) is -0.193. The first-order valence-corrected chi connectivity index (χ1v) is 8.99. The summed E-state index contributed by atoms with van der Waals surface area (Å²) >= 11 is 5.98. The quantitative estimate of drug-likeness (QED) is 0.736. The lowest BCUT2D eigenvalue weighted by Crippen LogP contribution is -2.35. The molecule has 0 aromatic heterocycles. The zero-order valence-corrected chi connectivity index (χ0v) is 15.8. The minimum atomic E-state index is -0.124. The smallest absolute Gasteiger partial charge is 0.238 e. The molecule has 2 rings (SSSR count). The minimum absolute atomic E-state index is 0.0688. The van der Waals surface area contributed by atoms with Gasteiger partial charge in [-0.2, -0.15) is 0 Å². The van der Waals surface area contributed by atoms with Crippen LogP contribution in [0.1, 0.15) is 18.9 Å². The maximum Gasteiger partial charge on any atom is 0.238 e. The van der Waals surface area contributed by atoms with Gasteiger partial charge in [-0.1, -0.05) is 42.8 Å². The van der Waals surface area contributed by atoms with Crippen molar-refractivity contribution in [1.29, 1.82) is 0 Å². The van der Waals surface area contributed by atoms with Crippen LogP contribution in [-0.4, -0.2) is 36.3 Å². The maximum atomic E-state index is 12.3. The first kappa shape index (κ1) is 19.9. The van der Waals surface area contributed by atoms with Crippen LogP contribution in [0.25, 0.3) is 0 Å². The molecule has 0 atom stereocenters. The van der Waals surface area contributed by atoms with Gasteiger partial charge in [-0.05, 0) is 43.3 Å². The number of likely N-dealkylation sites (N-methyl/N-ethyl adjacent to an activating group) is 1. The molecule has 2 aromatic rings. The van der Waals surface area contributed by atoms with E-state index in [1.165, 1.54) is 0 Å². The molecule has 0 unspecified atom stereocenters. The lowest BCUT2D eigenvalue weighted by Gasteiger charge is -2.20. The van der Waals surface area contributed by atoms with E-state index in [0.29, 0.717) is 30.2 Å². The van der Waals surface area contributed by atoms with Gasteiger partial charge < -0.3 is 10.6 Å². The van der Waals surface area contributed by atoms with Crippen molar-refractivity contribution in [2.24, 2.45) is 0 Å². The van der Waals surface area contributed by atoms with Crippen molar-refractivity contribution in [2.75, 3.05) is 30.3 Å². The molecule has 0 saturated carbocycles. The summed E-state index contributed by atoms with van der Waals surface area (Å²) in [7, 11) is 0. The number of anilines is 2.